The first-order valence-electron chi connectivity index (χ1n) is 7.91. The van der Waals surface area contributed by atoms with Crippen molar-refractivity contribution in [3.05, 3.63) is 47.5 Å². The highest BCUT2D eigenvalue weighted by atomic mass is 16.5. The minimum absolute atomic E-state index is 0.293. The Kier molecular flexibility index (Phi) is 6.43. The summed E-state index contributed by atoms with van der Waals surface area (Å²) in [6, 6.07) is 10.7. The molecule has 0 spiro atoms. The maximum atomic E-state index is 12.2. The van der Waals surface area contributed by atoms with Crippen LogP contribution in [0.2, 0.25) is 0 Å². The van der Waals surface area contributed by atoms with E-state index in [4.69, 9.17) is 14.2 Å². The monoisotopic (exact) mass is 357 g/mol. The predicted octanol–water partition coefficient (Wildman–Crippen LogP) is 2.54. The van der Waals surface area contributed by atoms with Crippen molar-refractivity contribution in [3.63, 3.8) is 0 Å². The zero-order valence-electron chi connectivity index (χ0n) is 15.6. The molecule has 0 unspecified atom stereocenters. The average Bonchev–Trinajstić information content (AvgIpc) is 2.66. The molecular weight excluding hydrogens is 334 g/mol. The van der Waals surface area contributed by atoms with Crippen LogP contribution in [0.5, 0.6) is 17.2 Å². The maximum Gasteiger partial charge on any atom is 0.271 e. The first kappa shape index (κ1) is 19.1. The lowest BCUT2D eigenvalue weighted by Gasteiger charge is -2.12. The summed E-state index contributed by atoms with van der Waals surface area (Å²) in [6.07, 6.45) is 1.51. The number of rotatable bonds is 7. The van der Waals surface area contributed by atoms with Crippen LogP contribution in [0.25, 0.3) is 0 Å². The van der Waals surface area contributed by atoms with E-state index < -0.39 is 0 Å². The molecule has 2 aromatic carbocycles. The Morgan fingerprint density at radius 2 is 1.58 bits per heavy atom. The molecule has 2 rings (SSSR count). The van der Waals surface area contributed by atoms with Gasteiger partial charge in [0.05, 0.1) is 27.5 Å². The zero-order chi connectivity index (χ0) is 19.1. The Labute approximate surface area is 153 Å². The van der Waals surface area contributed by atoms with E-state index >= 15 is 0 Å². The molecule has 0 aliphatic carbocycles. The molecule has 0 aromatic heterocycles. The zero-order valence-corrected chi connectivity index (χ0v) is 15.6. The van der Waals surface area contributed by atoms with Crippen molar-refractivity contribution in [2.75, 3.05) is 40.3 Å². The Bertz CT molecular complexity index is 761. The van der Waals surface area contributed by atoms with Crippen molar-refractivity contribution < 1.29 is 19.0 Å². The van der Waals surface area contributed by atoms with Gasteiger partial charge in [0, 0.05) is 30.9 Å². The third kappa shape index (κ3) is 4.44. The molecule has 0 saturated carbocycles. The lowest BCUT2D eigenvalue weighted by Crippen LogP contribution is -2.18. The average molecular weight is 357 g/mol. The quantitative estimate of drug-likeness (QED) is 0.609. The molecular formula is C19H23N3O4. The minimum atomic E-state index is -0.293. The highest BCUT2D eigenvalue weighted by Gasteiger charge is 2.12. The Morgan fingerprint density at radius 3 is 2.04 bits per heavy atom. The van der Waals surface area contributed by atoms with Gasteiger partial charge in [-0.05, 0) is 36.4 Å². The van der Waals surface area contributed by atoms with E-state index in [0.29, 0.717) is 28.4 Å². The van der Waals surface area contributed by atoms with Gasteiger partial charge in [-0.15, -0.1) is 0 Å². The first-order chi connectivity index (χ1) is 12.5. The summed E-state index contributed by atoms with van der Waals surface area (Å²) < 4.78 is 15.8. The number of hydrogen-bond acceptors (Lipinski definition) is 6. The fourth-order valence-electron chi connectivity index (χ4n) is 2.32. The molecule has 0 fully saturated rings. The van der Waals surface area contributed by atoms with Gasteiger partial charge in [-0.25, -0.2) is 5.43 Å². The number of benzene rings is 2. The van der Waals surface area contributed by atoms with Gasteiger partial charge >= 0.3 is 0 Å². The SMILES string of the molecule is COc1cc(/C=N/NC(=O)c2ccc(N(C)C)cc2)cc(OC)c1OC. The molecule has 0 atom stereocenters. The molecule has 138 valence electrons. The molecule has 0 saturated heterocycles. The number of carbonyl (C=O) groups is 1. The number of carbonyl (C=O) groups excluding carboxylic acids is 1. The highest BCUT2D eigenvalue weighted by Crippen LogP contribution is 2.37. The summed E-state index contributed by atoms with van der Waals surface area (Å²) in [5.74, 6) is 1.23. The maximum absolute atomic E-state index is 12.2. The van der Waals surface area contributed by atoms with Crippen LogP contribution in [-0.2, 0) is 0 Å². The largest absolute Gasteiger partial charge is 0.493 e. The van der Waals surface area contributed by atoms with Crippen LogP contribution in [0.15, 0.2) is 41.5 Å². The fraction of sp³-hybridized carbons (Fsp3) is 0.263. The van der Waals surface area contributed by atoms with Gasteiger partial charge in [-0.2, -0.15) is 5.10 Å². The number of nitrogens with one attached hydrogen (secondary N) is 1. The van der Waals surface area contributed by atoms with Crippen molar-refractivity contribution in [3.8, 4) is 17.2 Å². The normalized spacial score (nSPS) is 10.5. The summed E-state index contributed by atoms with van der Waals surface area (Å²) >= 11 is 0. The number of hydrogen-bond donors (Lipinski definition) is 1. The highest BCUT2D eigenvalue weighted by molar-refractivity contribution is 5.95. The molecule has 0 aliphatic heterocycles. The van der Waals surface area contributed by atoms with Crippen LogP contribution in [0.3, 0.4) is 0 Å². The van der Waals surface area contributed by atoms with Crippen LogP contribution in [0.4, 0.5) is 5.69 Å². The lowest BCUT2D eigenvalue weighted by molar-refractivity contribution is 0.0955. The van der Waals surface area contributed by atoms with Crippen molar-refractivity contribution in [2.24, 2.45) is 5.10 Å². The molecule has 2 aromatic rings. The predicted molar refractivity (Wildman–Crippen MR) is 102 cm³/mol. The van der Waals surface area contributed by atoms with Crippen molar-refractivity contribution >= 4 is 17.8 Å². The van der Waals surface area contributed by atoms with E-state index in [9.17, 15) is 4.79 Å². The Morgan fingerprint density at radius 1 is 1.00 bits per heavy atom. The topological polar surface area (TPSA) is 72.4 Å². The summed E-state index contributed by atoms with van der Waals surface area (Å²) in [4.78, 5) is 14.1. The summed E-state index contributed by atoms with van der Waals surface area (Å²) in [5.41, 5.74) is 4.74. The van der Waals surface area contributed by atoms with E-state index in [1.807, 2.05) is 31.1 Å². The third-order valence-electron chi connectivity index (χ3n) is 3.71. The second-order valence-electron chi connectivity index (χ2n) is 5.60. The number of amides is 1. The number of methoxy groups -OCH3 is 3. The number of nitrogens with zero attached hydrogens (tertiary/aromatic N) is 2. The molecule has 0 aliphatic rings. The van der Waals surface area contributed by atoms with Gasteiger partial charge < -0.3 is 19.1 Å². The van der Waals surface area contributed by atoms with E-state index in [-0.39, 0.29) is 5.91 Å². The number of anilines is 1. The Hall–Kier alpha value is -3.22. The molecule has 7 nitrogen and oxygen atoms in total. The molecule has 0 radical (unpaired) electrons. The lowest BCUT2D eigenvalue weighted by atomic mass is 10.2. The fourth-order valence-corrected chi connectivity index (χ4v) is 2.32. The minimum Gasteiger partial charge on any atom is -0.493 e. The van der Waals surface area contributed by atoms with Crippen molar-refractivity contribution in [2.45, 2.75) is 0 Å². The van der Waals surface area contributed by atoms with Crippen molar-refractivity contribution in [1.29, 1.82) is 0 Å². The van der Waals surface area contributed by atoms with Gasteiger partial charge in [0.1, 0.15) is 0 Å². The molecule has 0 heterocycles. The summed E-state index contributed by atoms with van der Waals surface area (Å²) in [5, 5.41) is 3.99. The van der Waals surface area contributed by atoms with Gasteiger partial charge in [0.2, 0.25) is 5.75 Å². The van der Waals surface area contributed by atoms with Gasteiger partial charge in [0.15, 0.2) is 11.5 Å². The van der Waals surface area contributed by atoms with Gasteiger partial charge in [-0.1, -0.05) is 0 Å². The van der Waals surface area contributed by atoms with Crippen LogP contribution in [-0.4, -0.2) is 47.5 Å². The number of ether oxygens (including phenoxy) is 3. The molecule has 26 heavy (non-hydrogen) atoms. The standard InChI is InChI=1S/C19H23N3O4/c1-22(2)15-8-6-14(7-9-15)19(23)21-20-12-13-10-16(24-3)18(26-5)17(11-13)25-4/h6-12H,1-5H3,(H,21,23)/b20-12+. The molecule has 1 N–H and O–H groups in total. The van der Waals surface area contributed by atoms with Crippen LogP contribution in [0, 0.1) is 0 Å². The van der Waals surface area contributed by atoms with Crippen LogP contribution in [0.1, 0.15) is 15.9 Å². The third-order valence-corrected chi connectivity index (χ3v) is 3.71. The van der Waals surface area contributed by atoms with E-state index in [1.54, 1.807) is 24.3 Å². The van der Waals surface area contributed by atoms with Crippen molar-refractivity contribution in [1.82, 2.24) is 5.43 Å². The van der Waals surface area contributed by atoms with Crippen LogP contribution >= 0.6 is 0 Å². The number of hydrazone groups is 1. The van der Waals surface area contributed by atoms with E-state index in [0.717, 1.165) is 5.69 Å². The van der Waals surface area contributed by atoms with Crippen LogP contribution < -0.4 is 24.5 Å². The summed E-state index contributed by atoms with van der Waals surface area (Å²) in [7, 11) is 8.50. The Balaban J connectivity index is 2.11. The molecule has 7 heteroatoms. The molecule has 0 bridgehead atoms. The smallest absolute Gasteiger partial charge is 0.271 e. The van der Waals surface area contributed by atoms with Gasteiger partial charge in [-0.3, -0.25) is 4.79 Å². The molecule has 1 amide bonds. The first-order valence-corrected chi connectivity index (χ1v) is 7.91. The van der Waals surface area contributed by atoms with Gasteiger partial charge in [0.25, 0.3) is 5.91 Å². The second kappa shape index (κ2) is 8.75. The van der Waals surface area contributed by atoms with E-state index in [1.165, 1.54) is 27.5 Å². The van der Waals surface area contributed by atoms with E-state index in [2.05, 4.69) is 10.5 Å². The second-order valence-corrected chi connectivity index (χ2v) is 5.60. The summed E-state index contributed by atoms with van der Waals surface area (Å²) in [6.45, 7) is 0.